The molecule has 0 saturated carbocycles. The summed E-state index contributed by atoms with van der Waals surface area (Å²) in [5.41, 5.74) is 1.37. The van der Waals surface area contributed by atoms with E-state index in [4.69, 9.17) is 0 Å². The highest BCUT2D eigenvalue weighted by Gasteiger charge is 2.34. The molecule has 20 heavy (non-hydrogen) atoms. The Morgan fingerprint density at radius 1 is 1.25 bits per heavy atom. The first-order valence-corrected chi connectivity index (χ1v) is 7.83. The van der Waals surface area contributed by atoms with Crippen LogP contribution in [0.15, 0.2) is 30.3 Å². The minimum Gasteiger partial charge on any atom is -0.341 e. The lowest BCUT2D eigenvalue weighted by atomic mass is 9.92. The SMILES string of the molecule is CC1CCCNC1C(=O)N1CCC(c2ccccc2)C1. The maximum absolute atomic E-state index is 12.7. The van der Waals surface area contributed by atoms with Gasteiger partial charge >= 0.3 is 0 Å². The molecule has 2 saturated heterocycles. The molecule has 108 valence electrons. The molecular weight excluding hydrogens is 248 g/mol. The highest BCUT2D eigenvalue weighted by molar-refractivity contribution is 5.82. The lowest BCUT2D eigenvalue weighted by molar-refractivity contribution is -0.134. The van der Waals surface area contributed by atoms with Crippen LogP contribution in [0.5, 0.6) is 0 Å². The minimum atomic E-state index is 0.0401. The maximum atomic E-state index is 12.7. The van der Waals surface area contributed by atoms with Gasteiger partial charge in [-0.1, -0.05) is 37.3 Å². The molecule has 1 aromatic carbocycles. The molecule has 0 bridgehead atoms. The zero-order chi connectivity index (χ0) is 13.9. The van der Waals surface area contributed by atoms with Crippen molar-refractivity contribution in [1.29, 1.82) is 0 Å². The van der Waals surface area contributed by atoms with Gasteiger partial charge in [-0.3, -0.25) is 4.79 Å². The van der Waals surface area contributed by atoms with Crippen LogP contribution in [0, 0.1) is 5.92 Å². The third-order valence-electron chi connectivity index (χ3n) is 4.81. The second-order valence-corrected chi connectivity index (χ2v) is 6.23. The number of nitrogens with zero attached hydrogens (tertiary/aromatic N) is 1. The first-order valence-electron chi connectivity index (χ1n) is 7.83. The van der Waals surface area contributed by atoms with Crippen LogP contribution < -0.4 is 5.32 Å². The highest BCUT2D eigenvalue weighted by atomic mass is 16.2. The van der Waals surface area contributed by atoms with Gasteiger partial charge in [-0.05, 0) is 37.3 Å². The number of amides is 1. The number of hydrogen-bond acceptors (Lipinski definition) is 2. The molecule has 2 heterocycles. The maximum Gasteiger partial charge on any atom is 0.240 e. The Hall–Kier alpha value is -1.35. The van der Waals surface area contributed by atoms with Gasteiger partial charge in [0.2, 0.25) is 5.91 Å². The average molecular weight is 272 g/mol. The summed E-state index contributed by atoms with van der Waals surface area (Å²) in [6, 6.07) is 10.6. The van der Waals surface area contributed by atoms with Crippen LogP contribution >= 0.6 is 0 Å². The number of nitrogens with one attached hydrogen (secondary N) is 1. The van der Waals surface area contributed by atoms with Gasteiger partial charge in [-0.25, -0.2) is 0 Å². The number of hydrogen-bond donors (Lipinski definition) is 1. The van der Waals surface area contributed by atoms with E-state index in [0.29, 0.717) is 17.7 Å². The minimum absolute atomic E-state index is 0.0401. The summed E-state index contributed by atoms with van der Waals surface area (Å²) in [5.74, 6) is 1.29. The Bertz CT molecular complexity index is 459. The first-order chi connectivity index (χ1) is 9.75. The fraction of sp³-hybridized carbons (Fsp3) is 0.588. The van der Waals surface area contributed by atoms with Gasteiger partial charge in [0.15, 0.2) is 0 Å². The Morgan fingerprint density at radius 3 is 2.80 bits per heavy atom. The Labute approximate surface area is 121 Å². The predicted octanol–water partition coefficient (Wildman–Crippen LogP) is 2.39. The van der Waals surface area contributed by atoms with Crippen LogP contribution in [-0.4, -0.2) is 36.5 Å². The smallest absolute Gasteiger partial charge is 0.240 e. The molecule has 0 aromatic heterocycles. The molecule has 1 aromatic rings. The summed E-state index contributed by atoms with van der Waals surface area (Å²) in [5, 5.41) is 3.41. The van der Waals surface area contributed by atoms with Crippen molar-refractivity contribution in [3.05, 3.63) is 35.9 Å². The van der Waals surface area contributed by atoms with Gasteiger partial charge in [-0.15, -0.1) is 0 Å². The molecule has 0 radical (unpaired) electrons. The van der Waals surface area contributed by atoms with Crippen molar-refractivity contribution in [2.45, 2.75) is 38.1 Å². The van der Waals surface area contributed by atoms with E-state index in [0.717, 1.165) is 26.1 Å². The third kappa shape index (κ3) is 2.73. The van der Waals surface area contributed by atoms with Crippen molar-refractivity contribution in [1.82, 2.24) is 10.2 Å². The van der Waals surface area contributed by atoms with Crippen LogP contribution in [0.3, 0.4) is 0 Å². The van der Waals surface area contributed by atoms with E-state index >= 15 is 0 Å². The van der Waals surface area contributed by atoms with Gasteiger partial charge in [0.1, 0.15) is 0 Å². The highest BCUT2D eigenvalue weighted by Crippen LogP contribution is 2.28. The number of likely N-dealkylation sites (tertiary alicyclic amines) is 1. The lowest BCUT2D eigenvalue weighted by Crippen LogP contribution is -2.51. The number of piperidine rings is 1. The Kier molecular flexibility index (Phi) is 4.06. The van der Waals surface area contributed by atoms with Gasteiger partial charge in [0, 0.05) is 19.0 Å². The zero-order valence-corrected chi connectivity index (χ0v) is 12.2. The summed E-state index contributed by atoms with van der Waals surface area (Å²) in [7, 11) is 0. The standard InChI is InChI=1S/C17H24N2O/c1-13-6-5-10-18-16(13)17(20)19-11-9-15(12-19)14-7-3-2-4-8-14/h2-4,7-8,13,15-16,18H,5-6,9-12H2,1H3. The molecule has 3 atom stereocenters. The van der Waals surface area contributed by atoms with E-state index in [9.17, 15) is 4.79 Å². The molecule has 1 amide bonds. The molecule has 1 N–H and O–H groups in total. The summed E-state index contributed by atoms with van der Waals surface area (Å²) in [6.07, 6.45) is 3.45. The van der Waals surface area contributed by atoms with Gasteiger partial charge in [0.25, 0.3) is 0 Å². The van der Waals surface area contributed by atoms with Crippen molar-refractivity contribution in [3.8, 4) is 0 Å². The number of rotatable bonds is 2. The van der Waals surface area contributed by atoms with Crippen LogP contribution in [0.4, 0.5) is 0 Å². The van der Waals surface area contributed by atoms with Crippen LogP contribution in [0.1, 0.15) is 37.7 Å². The van der Waals surface area contributed by atoms with E-state index in [1.165, 1.54) is 18.4 Å². The molecule has 3 heteroatoms. The fourth-order valence-electron chi connectivity index (χ4n) is 3.53. The quantitative estimate of drug-likeness (QED) is 0.896. The normalized spacial score (nSPS) is 30.4. The molecule has 2 fully saturated rings. The topological polar surface area (TPSA) is 32.3 Å². The van der Waals surface area contributed by atoms with Crippen LogP contribution in [0.2, 0.25) is 0 Å². The Balaban J connectivity index is 1.63. The van der Waals surface area contributed by atoms with Crippen molar-refractivity contribution >= 4 is 5.91 Å². The predicted molar refractivity (Wildman–Crippen MR) is 80.6 cm³/mol. The summed E-state index contributed by atoms with van der Waals surface area (Å²) >= 11 is 0. The molecule has 0 spiro atoms. The van der Waals surface area contributed by atoms with Crippen molar-refractivity contribution in [2.75, 3.05) is 19.6 Å². The van der Waals surface area contributed by atoms with Gasteiger partial charge in [0.05, 0.1) is 6.04 Å². The largest absolute Gasteiger partial charge is 0.341 e. The van der Waals surface area contributed by atoms with Crippen molar-refractivity contribution in [3.63, 3.8) is 0 Å². The van der Waals surface area contributed by atoms with Gasteiger partial charge in [-0.2, -0.15) is 0 Å². The van der Waals surface area contributed by atoms with E-state index in [2.05, 4.69) is 47.5 Å². The summed E-state index contributed by atoms with van der Waals surface area (Å²) in [6.45, 7) is 4.97. The van der Waals surface area contributed by atoms with Crippen molar-refractivity contribution in [2.24, 2.45) is 5.92 Å². The average Bonchev–Trinajstić information content (AvgIpc) is 2.98. The van der Waals surface area contributed by atoms with Crippen LogP contribution in [-0.2, 0) is 4.79 Å². The molecule has 0 aliphatic carbocycles. The van der Waals surface area contributed by atoms with E-state index in [1.807, 2.05) is 0 Å². The van der Waals surface area contributed by atoms with Gasteiger partial charge < -0.3 is 10.2 Å². The van der Waals surface area contributed by atoms with Crippen LogP contribution in [0.25, 0.3) is 0 Å². The number of benzene rings is 1. The monoisotopic (exact) mass is 272 g/mol. The molecule has 3 rings (SSSR count). The van der Waals surface area contributed by atoms with E-state index in [1.54, 1.807) is 0 Å². The molecular formula is C17H24N2O. The second kappa shape index (κ2) is 5.96. The Morgan fingerprint density at radius 2 is 2.05 bits per heavy atom. The third-order valence-corrected chi connectivity index (χ3v) is 4.81. The molecule has 2 aliphatic heterocycles. The first kappa shape index (κ1) is 13.6. The van der Waals surface area contributed by atoms with E-state index < -0.39 is 0 Å². The molecule has 3 unspecified atom stereocenters. The second-order valence-electron chi connectivity index (χ2n) is 6.23. The zero-order valence-electron chi connectivity index (χ0n) is 12.2. The summed E-state index contributed by atoms with van der Waals surface area (Å²) in [4.78, 5) is 14.7. The number of carbonyl (C=O) groups is 1. The number of carbonyl (C=O) groups excluding carboxylic acids is 1. The van der Waals surface area contributed by atoms with E-state index in [-0.39, 0.29) is 6.04 Å². The summed E-state index contributed by atoms with van der Waals surface area (Å²) < 4.78 is 0. The fourth-order valence-corrected chi connectivity index (χ4v) is 3.53. The lowest BCUT2D eigenvalue weighted by Gasteiger charge is -2.32. The molecule has 3 nitrogen and oxygen atoms in total. The van der Waals surface area contributed by atoms with Crippen molar-refractivity contribution < 1.29 is 4.79 Å². The molecule has 2 aliphatic rings.